The van der Waals surface area contributed by atoms with Gasteiger partial charge in [0.15, 0.2) is 5.69 Å². The summed E-state index contributed by atoms with van der Waals surface area (Å²) >= 11 is 0. The standard InChI is InChI=1S/C25H29N5O2/c1-28(2)17-15-25(13-14-25)18-4-6-19(7-5-18)29-16-12-22-23(24(29)31)30(27-26-22)20-8-10-21(32-3)11-9-20/h4-11H,12-17H2,1-3H3. The highest BCUT2D eigenvalue weighted by Crippen LogP contribution is 2.51. The highest BCUT2D eigenvalue weighted by atomic mass is 16.5. The minimum absolute atomic E-state index is 0.0615. The van der Waals surface area contributed by atoms with E-state index in [1.165, 1.54) is 24.8 Å². The summed E-state index contributed by atoms with van der Waals surface area (Å²) in [5.41, 5.74) is 4.71. The highest BCUT2D eigenvalue weighted by Gasteiger charge is 2.43. The number of methoxy groups -OCH3 is 1. The molecule has 32 heavy (non-hydrogen) atoms. The summed E-state index contributed by atoms with van der Waals surface area (Å²) in [5.74, 6) is 0.698. The molecule has 0 radical (unpaired) electrons. The maximum absolute atomic E-state index is 13.5. The van der Waals surface area contributed by atoms with Gasteiger partial charge in [0.2, 0.25) is 0 Å². The van der Waals surface area contributed by atoms with Crippen LogP contribution >= 0.6 is 0 Å². The molecule has 0 atom stereocenters. The summed E-state index contributed by atoms with van der Waals surface area (Å²) in [6.45, 7) is 1.70. The summed E-state index contributed by atoms with van der Waals surface area (Å²) < 4.78 is 6.87. The van der Waals surface area contributed by atoms with Crippen LogP contribution in [0, 0.1) is 0 Å². The van der Waals surface area contributed by atoms with E-state index in [0.717, 1.165) is 29.4 Å². The molecule has 0 spiro atoms. The van der Waals surface area contributed by atoms with Crippen LogP contribution in [0.25, 0.3) is 5.69 Å². The predicted molar refractivity (Wildman–Crippen MR) is 124 cm³/mol. The number of amides is 1. The van der Waals surface area contributed by atoms with Crippen LogP contribution in [-0.2, 0) is 11.8 Å². The molecule has 0 unspecified atom stereocenters. The van der Waals surface area contributed by atoms with Crippen LogP contribution in [0.2, 0.25) is 0 Å². The third-order valence-corrected chi connectivity index (χ3v) is 6.76. The lowest BCUT2D eigenvalue weighted by Crippen LogP contribution is -2.38. The van der Waals surface area contributed by atoms with E-state index in [2.05, 4.69) is 53.6 Å². The quantitative estimate of drug-likeness (QED) is 0.573. The van der Waals surface area contributed by atoms with Crippen molar-refractivity contribution in [2.75, 3.05) is 39.2 Å². The van der Waals surface area contributed by atoms with Gasteiger partial charge in [0.05, 0.1) is 18.5 Å². The van der Waals surface area contributed by atoms with Crippen molar-refractivity contribution in [1.82, 2.24) is 19.9 Å². The predicted octanol–water partition coefficient (Wildman–Crippen LogP) is 3.46. The molecule has 1 aliphatic carbocycles. The van der Waals surface area contributed by atoms with Crippen LogP contribution in [0.3, 0.4) is 0 Å². The molecule has 2 heterocycles. The average Bonchev–Trinajstić information content (AvgIpc) is 3.49. The fraction of sp³-hybridized carbons (Fsp3) is 0.400. The smallest absolute Gasteiger partial charge is 0.278 e. The second kappa shape index (κ2) is 8.06. The van der Waals surface area contributed by atoms with Gasteiger partial charge in [-0.3, -0.25) is 4.79 Å². The van der Waals surface area contributed by atoms with Crippen LogP contribution in [0.4, 0.5) is 5.69 Å². The maximum Gasteiger partial charge on any atom is 0.278 e. The highest BCUT2D eigenvalue weighted by molar-refractivity contribution is 6.07. The molecule has 1 saturated carbocycles. The van der Waals surface area contributed by atoms with Crippen molar-refractivity contribution in [3.63, 3.8) is 0 Å². The Morgan fingerprint density at radius 2 is 1.72 bits per heavy atom. The van der Waals surface area contributed by atoms with Gasteiger partial charge in [-0.1, -0.05) is 17.3 Å². The molecule has 2 aromatic carbocycles. The van der Waals surface area contributed by atoms with E-state index in [-0.39, 0.29) is 5.91 Å². The minimum Gasteiger partial charge on any atom is -0.497 e. The van der Waals surface area contributed by atoms with E-state index in [1.807, 2.05) is 29.2 Å². The Labute approximate surface area is 188 Å². The van der Waals surface area contributed by atoms with E-state index in [9.17, 15) is 4.79 Å². The van der Waals surface area contributed by atoms with Gasteiger partial charge in [-0.15, -0.1) is 5.10 Å². The molecule has 166 valence electrons. The zero-order valence-corrected chi connectivity index (χ0v) is 18.9. The Bertz CT molecular complexity index is 1110. The maximum atomic E-state index is 13.5. The van der Waals surface area contributed by atoms with Crippen molar-refractivity contribution in [3.05, 3.63) is 65.5 Å². The lowest BCUT2D eigenvalue weighted by atomic mass is 9.92. The van der Waals surface area contributed by atoms with Crippen molar-refractivity contribution in [1.29, 1.82) is 0 Å². The molecule has 1 amide bonds. The molecular weight excluding hydrogens is 402 g/mol. The zero-order chi connectivity index (χ0) is 22.3. The first kappa shape index (κ1) is 20.7. The minimum atomic E-state index is -0.0615. The number of carbonyl (C=O) groups excluding carboxylic acids is 1. The zero-order valence-electron chi connectivity index (χ0n) is 18.9. The number of aromatic nitrogens is 3. The first-order valence-corrected chi connectivity index (χ1v) is 11.2. The van der Waals surface area contributed by atoms with Gasteiger partial charge in [0.1, 0.15) is 5.75 Å². The van der Waals surface area contributed by atoms with Gasteiger partial charge in [0.25, 0.3) is 5.91 Å². The first-order chi connectivity index (χ1) is 15.5. The topological polar surface area (TPSA) is 63.5 Å². The van der Waals surface area contributed by atoms with Crippen LogP contribution < -0.4 is 9.64 Å². The first-order valence-electron chi connectivity index (χ1n) is 11.2. The molecule has 1 aromatic heterocycles. The molecule has 5 rings (SSSR count). The van der Waals surface area contributed by atoms with Crippen molar-refractivity contribution < 1.29 is 9.53 Å². The van der Waals surface area contributed by atoms with Gasteiger partial charge in [-0.25, -0.2) is 4.68 Å². The van der Waals surface area contributed by atoms with Gasteiger partial charge in [-0.05, 0) is 87.3 Å². The van der Waals surface area contributed by atoms with Crippen molar-refractivity contribution in [2.24, 2.45) is 0 Å². The van der Waals surface area contributed by atoms with Crippen molar-refractivity contribution >= 4 is 11.6 Å². The number of anilines is 1. The number of nitrogens with zero attached hydrogens (tertiary/aromatic N) is 5. The fourth-order valence-corrected chi connectivity index (χ4v) is 4.56. The number of fused-ring (bicyclic) bond motifs is 1. The third-order valence-electron chi connectivity index (χ3n) is 6.76. The summed E-state index contributed by atoms with van der Waals surface area (Å²) in [6.07, 6.45) is 4.36. The molecule has 0 bridgehead atoms. The molecular formula is C25H29N5O2. The Morgan fingerprint density at radius 1 is 1.03 bits per heavy atom. The summed E-state index contributed by atoms with van der Waals surface area (Å²) in [5, 5.41) is 8.54. The molecule has 7 heteroatoms. The average molecular weight is 432 g/mol. The molecule has 2 aliphatic rings. The Morgan fingerprint density at radius 3 is 2.34 bits per heavy atom. The number of hydrogen-bond acceptors (Lipinski definition) is 5. The third kappa shape index (κ3) is 3.66. The molecule has 1 fully saturated rings. The number of rotatable bonds is 7. The van der Waals surface area contributed by atoms with E-state index in [0.29, 0.717) is 24.1 Å². The molecule has 1 aliphatic heterocycles. The summed E-state index contributed by atoms with van der Waals surface area (Å²) in [4.78, 5) is 17.6. The lowest BCUT2D eigenvalue weighted by Gasteiger charge is -2.27. The summed E-state index contributed by atoms with van der Waals surface area (Å²) in [6, 6.07) is 16.1. The SMILES string of the molecule is COc1ccc(-n2nnc3c2C(=O)N(c2ccc(C4(CCN(C)C)CC4)cc2)CC3)cc1. The van der Waals surface area contributed by atoms with Crippen LogP contribution in [0.5, 0.6) is 5.75 Å². The molecule has 0 saturated heterocycles. The van der Waals surface area contributed by atoms with Crippen LogP contribution in [0.1, 0.15) is 41.0 Å². The summed E-state index contributed by atoms with van der Waals surface area (Å²) in [7, 11) is 5.88. The monoisotopic (exact) mass is 431 g/mol. The van der Waals surface area contributed by atoms with Crippen molar-refractivity contribution in [3.8, 4) is 11.4 Å². The molecule has 7 nitrogen and oxygen atoms in total. The number of ether oxygens (including phenoxy) is 1. The number of hydrogen-bond donors (Lipinski definition) is 0. The van der Waals surface area contributed by atoms with Gasteiger partial charge in [0, 0.05) is 18.7 Å². The Hall–Kier alpha value is -3.19. The van der Waals surface area contributed by atoms with Gasteiger partial charge >= 0.3 is 0 Å². The van der Waals surface area contributed by atoms with E-state index in [4.69, 9.17) is 4.74 Å². The Balaban J connectivity index is 1.38. The normalized spacial score (nSPS) is 16.9. The fourth-order valence-electron chi connectivity index (χ4n) is 4.56. The second-order valence-corrected chi connectivity index (χ2v) is 9.08. The number of benzene rings is 2. The second-order valence-electron chi connectivity index (χ2n) is 9.08. The Kier molecular flexibility index (Phi) is 5.21. The molecule has 3 aromatic rings. The van der Waals surface area contributed by atoms with Crippen LogP contribution in [0.15, 0.2) is 48.5 Å². The van der Waals surface area contributed by atoms with Crippen LogP contribution in [-0.4, -0.2) is 60.1 Å². The number of carbonyl (C=O) groups is 1. The van der Waals surface area contributed by atoms with Gasteiger partial charge < -0.3 is 14.5 Å². The lowest BCUT2D eigenvalue weighted by molar-refractivity contribution is 0.0973. The van der Waals surface area contributed by atoms with E-state index < -0.39 is 0 Å². The largest absolute Gasteiger partial charge is 0.497 e. The van der Waals surface area contributed by atoms with E-state index >= 15 is 0 Å². The molecule has 0 N–H and O–H groups in total. The van der Waals surface area contributed by atoms with Crippen molar-refractivity contribution in [2.45, 2.75) is 31.1 Å². The van der Waals surface area contributed by atoms with Gasteiger partial charge in [-0.2, -0.15) is 0 Å². The van der Waals surface area contributed by atoms with E-state index in [1.54, 1.807) is 11.8 Å².